The Balaban J connectivity index is 1.84. The highest BCUT2D eigenvalue weighted by Gasteiger charge is 2.20. The molecule has 27 heavy (non-hydrogen) atoms. The fraction of sp³-hybridized carbons (Fsp3) is 0. The van der Waals surface area contributed by atoms with E-state index in [0.29, 0.717) is 11.1 Å². The third-order valence-corrected chi connectivity index (χ3v) is 3.66. The van der Waals surface area contributed by atoms with Crippen molar-refractivity contribution in [3.63, 3.8) is 0 Å². The molecule has 0 aromatic heterocycles. The van der Waals surface area contributed by atoms with E-state index in [9.17, 15) is 18.4 Å². The first-order valence-corrected chi connectivity index (χ1v) is 8.05. The lowest BCUT2D eigenvalue weighted by Crippen LogP contribution is -2.17. The molecular formula is C20H11ClF2O4. The summed E-state index contributed by atoms with van der Waals surface area (Å²) < 4.78 is 36.7. The topological polar surface area (TPSA) is 52.6 Å². The van der Waals surface area contributed by atoms with Gasteiger partial charge in [0.1, 0.15) is 23.1 Å². The lowest BCUT2D eigenvalue weighted by atomic mass is 10.1. The SMILES string of the molecule is O=C(Oc1cc(F)cc(F)c1)c1ccccc1C(=O)Oc1cccc(Cl)c1. The van der Waals surface area contributed by atoms with E-state index < -0.39 is 23.6 Å². The molecule has 3 aromatic rings. The first-order chi connectivity index (χ1) is 12.9. The molecule has 4 nitrogen and oxygen atoms in total. The second kappa shape index (κ2) is 7.97. The number of benzene rings is 3. The smallest absolute Gasteiger partial charge is 0.344 e. The Morgan fingerprint density at radius 2 is 1.26 bits per heavy atom. The van der Waals surface area contributed by atoms with Crippen molar-refractivity contribution >= 4 is 23.5 Å². The Hall–Kier alpha value is -3.25. The van der Waals surface area contributed by atoms with Crippen LogP contribution in [0.5, 0.6) is 11.5 Å². The summed E-state index contributed by atoms with van der Waals surface area (Å²) in [4.78, 5) is 24.8. The van der Waals surface area contributed by atoms with Crippen LogP contribution in [0, 0.1) is 11.6 Å². The van der Waals surface area contributed by atoms with E-state index in [2.05, 4.69) is 0 Å². The molecule has 0 amide bonds. The molecule has 0 unspecified atom stereocenters. The van der Waals surface area contributed by atoms with E-state index >= 15 is 0 Å². The average molecular weight is 389 g/mol. The average Bonchev–Trinajstić information content (AvgIpc) is 2.60. The Morgan fingerprint density at radius 1 is 0.704 bits per heavy atom. The van der Waals surface area contributed by atoms with Crippen LogP contribution in [-0.4, -0.2) is 11.9 Å². The van der Waals surface area contributed by atoms with Gasteiger partial charge in [-0.1, -0.05) is 29.8 Å². The van der Waals surface area contributed by atoms with E-state index in [0.717, 1.165) is 12.1 Å². The number of esters is 2. The summed E-state index contributed by atoms with van der Waals surface area (Å²) in [5.74, 6) is -3.69. The summed E-state index contributed by atoms with van der Waals surface area (Å²) >= 11 is 5.85. The number of hydrogen-bond donors (Lipinski definition) is 0. The van der Waals surface area contributed by atoms with Crippen LogP contribution in [-0.2, 0) is 0 Å². The maximum Gasteiger partial charge on any atom is 0.344 e. The Bertz CT molecular complexity index is 1000. The van der Waals surface area contributed by atoms with Crippen molar-refractivity contribution < 1.29 is 27.8 Å². The second-order valence-corrected chi connectivity index (χ2v) is 5.82. The molecule has 0 saturated heterocycles. The predicted molar refractivity (Wildman–Crippen MR) is 94.2 cm³/mol. The molecule has 0 spiro atoms. The van der Waals surface area contributed by atoms with Gasteiger partial charge in [-0.15, -0.1) is 0 Å². The number of hydrogen-bond acceptors (Lipinski definition) is 4. The first-order valence-electron chi connectivity index (χ1n) is 7.67. The molecule has 0 aliphatic carbocycles. The van der Waals surface area contributed by atoms with E-state index in [1.807, 2.05) is 0 Å². The standard InChI is InChI=1S/C20H11ClF2O4/c21-12-4-3-5-15(8-12)26-19(24)17-6-1-2-7-18(17)20(25)27-16-10-13(22)9-14(23)11-16/h1-11H. The van der Waals surface area contributed by atoms with Gasteiger partial charge in [-0.25, -0.2) is 18.4 Å². The number of halogens is 3. The zero-order valence-electron chi connectivity index (χ0n) is 13.6. The highest BCUT2D eigenvalue weighted by molar-refractivity contribution is 6.30. The van der Waals surface area contributed by atoms with Crippen molar-refractivity contribution in [1.82, 2.24) is 0 Å². The van der Waals surface area contributed by atoms with Crippen LogP contribution >= 0.6 is 11.6 Å². The van der Waals surface area contributed by atoms with Gasteiger partial charge in [-0.2, -0.15) is 0 Å². The molecule has 0 atom stereocenters. The van der Waals surface area contributed by atoms with E-state index in [1.165, 1.54) is 36.4 Å². The molecule has 3 rings (SSSR count). The molecular weight excluding hydrogens is 378 g/mol. The molecule has 7 heteroatoms. The molecule has 136 valence electrons. The molecule has 0 aliphatic rings. The third kappa shape index (κ3) is 4.68. The lowest BCUT2D eigenvalue weighted by Gasteiger charge is -2.10. The van der Waals surface area contributed by atoms with Crippen LogP contribution in [0.2, 0.25) is 5.02 Å². The third-order valence-electron chi connectivity index (χ3n) is 3.42. The summed E-state index contributed by atoms with van der Waals surface area (Å²) in [5.41, 5.74) is -0.187. The van der Waals surface area contributed by atoms with Crippen LogP contribution in [0.15, 0.2) is 66.7 Å². The monoisotopic (exact) mass is 388 g/mol. The van der Waals surface area contributed by atoms with Crippen LogP contribution in [0.1, 0.15) is 20.7 Å². The van der Waals surface area contributed by atoms with Gasteiger partial charge in [0.25, 0.3) is 0 Å². The highest BCUT2D eigenvalue weighted by atomic mass is 35.5. The van der Waals surface area contributed by atoms with Crippen molar-refractivity contribution in [2.24, 2.45) is 0 Å². The molecule has 0 radical (unpaired) electrons. The van der Waals surface area contributed by atoms with Gasteiger partial charge < -0.3 is 9.47 Å². The van der Waals surface area contributed by atoms with Gasteiger partial charge >= 0.3 is 11.9 Å². The van der Waals surface area contributed by atoms with Crippen molar-refractivity contribution in [2.45, 2.75) is 0 Å². The van der Waals surface area contributed by atoms with Crippen LogP contribution in [0.3, 0.4) is 0 Å². The Kier molecular flexibility index (Phi) is 5.47. The van der Waals surface area contributed by atoms with Crippen LogP contribution in [0.25, 0.3) is 0 Å². The van der Waals surface area contributed by atoms with Gasteiger partial charge in [0.15, 0.2) is 0 Å². The normalized spacial score (nSPS) is 10.3. The Morgan fingerprint density at radius 3 is 1.81 bits per heavy atom. The second-order valence-electron chi connectivity index (χ2n) is 5.39. The molecule has 0 N–H and O–H groups in total. The van der Waals surface area contributed by atoms with Crippen LogP contribution in [0.4, 0.5) is 8.78 Å². The van der Waals surface area contributed by atoms with Gasteiger partial charge in [-0.3, -0.25) is 0 Å². The minimum atomic E-state index is -0.960. The zero-order chi connectivity index (χ0) is 19.4. The molecule has 0 heterocycles. The van der Waals surface area contributed by atoms with Crippen molar-refractivity contribution in [1.29, 1.82) is 0 Å². The van der Waals surface area contributed by atoms with E-state index in [-0.39, 0.29) is 22.6 Å². The largest absolute Gasteiger partial charge is 0.423 e. The summed E-state index contributed by atoms with van der Waals surface area (Å²) in [6.07, 6.45) is 0. The molecule has 3 aromatic carbocycles. The summed E-state index contributed by atoms with van der Waals surface area (Å²) in [6.45, 7) is 0. The van der Waals surface area contributed by atoms with Crippen molar-refractivity contribution in [3.8, 4) is 11.5 Å². The number of carbonyl (C=O) groups is 2. The lowest BCUT2D eigenvalue weighted by molar-refractivity contribution is 0.0691. The maximum atomic E-state index is 13.2. The summed E-state index contributed by atoms with van der Waals surface area (Å²) in [7, 11) is 0. The fourth-order valence-corrected chi connectivity index (χ4v) is 2.46. The van der Waals surface area contributed by atoms with Crippen LogP contribution < -0.4 is 9.47 Å². The zero-order valence-corrected chi connectivity index (χ0v) is 14.4. The van der Waals surface area contributed by atoms with Gasteiger partial charge in [-0.05, 0) is 30.3 Å². The van der Waals surface area contributed by atoms with Gasteiger partial charge in [0, 0.05) is 23.2 Å². The summed E-state index contributed by atoms with van der Waals surface area (Å²) in [5, 5.41) is 0.376. The molecule has 0 aliphatic heterocycles. The van der Waals surface area contributed by atoms with E-state index in [4.69, 9.17) is 21.1 Å². The van der Waals surface area contributed by atoms with E-state index in [1.54, 1.807) is 12.1 Å². The maximum absolute atomic E-state index is 13.2. The van der Waals surface area contributed by atoms with Crippen molar-refractivity contribution in [3.05, 3.63) is 94.5 Å². The first kappa shape index (κ1) is 18.5. The van der Waals surface area contributed by atoms with Gasteiger partial charge in [0.2, 0.25) is 0 Å². The molecule has 0 bridgehead atoms. The summed E-state index contributed by atoms with van der Waals surface area (Å²) in [6, 6.07) is 14.3. The molecule has 0 fully saturated rings. The minimum Gasteiger partial charge on any atom is -0.423 e. The fourth-order valence-electron chi connectivity index (χ4n) is 2.28. The number of carbonyl (C=O) groups excluding carboxylic acids is 2. The molecule has 0 saturated carbocycles. The number of rotatable bonds is 4. The quantitative estimate of drug-likeness (QED) is 0.463. The predicted octanol–water partition coefficient (Wildman–Crippen LogP) is 5.06. The number of ether oxygens (including phenoxy) is 2. The Labute approximate surface area is 157 Å². The minimum absolute atomic E-state index is 0.0700. The van der Waals surface area contributed by atoms with Crippen molar-refractivity contribution in [2.75, 3.05) is 0 Å². The highest BCUT2D eigenvalue weighted by Crippen LogP contribution is 2.21. The van der Waals surface area contributed by atoms with Gasteiger partial charge in [0.05, 0.1) is 11.1 Å².